The maximum Gasteiger partial charge on any atom is 0.159 e. The highest BCUT2D eigenvalue weighted by molar-refractivity contribution is 5.52. The molecule has 2 aromatic carbocycles. The first-order chi connectivity index (χ1) is 12.4. The Morgan fingerprint density at radius 1 is 1.08 bits per heavy atom. The number of rotatable bonds is 5. The number of nitrogens with zero attached hydrogens (tertiary/aromatic N) is 1. The second-order valence-corrected chi connectivity index (χ2v) is 7.70. The number of hydrogen-bond acceptors (Lipinski definition) is 2. The van der Waals surface area contributed by atoms with Crippen molar-refractivity contribution in [3.63, 3.8) is 0 Å². The van der Waals surface area contributed by atoms with Crippen LogP contribution < -0.4 is 4.90 Å². The van der Waals surface area contributed by atoms with Crippen molar-refractivity contribution in [3.05, 3.63) is 65.2 Å². The van der Waals surface area contributed by atoms with Gasteiger partial charge in [0.2, 0.25) is 0 Å². The van der Waals surface area contributed by atoms with E-state index >= 15 is 0 Å². The lowest BCUT2D eigenvalue weighted by Gasteiger charge is -2.41. The molecular formula is C22H27F2NO. The number of aliphatic hydroxyl groups is 1. The number of para-hydroxylation sites is 1. The van der Waals surface area contributed by atoms with Gasteiger partial charge in [-0.25, -0.2) is 8.78 Å². The zero-order valence-corrected chi connectivity index (χ0v) is 15.5. The Kier molecular flexibility index (Phi) is 5.61. The molecule has 140 valence electrons. The molecule has 2 atom stereocenters. The van der Waals surface area contributed by atoms with Gasteiger partial charge in [0.05, 0.1) is 5.60 Å². The molecule has 2 aromatic rings. The fourth-order valence-corrected chi connectivity index (χ4v) is 4.21. The second kappa shape index (κ2) is 7.75. The van der Waals surface area contributed by atoms with E-state index in [2.05, 4.69) is 17.0 Å². The summed E-state index contributed by atoms with van der Waals surface area (Å²) in [5, 5.41) is 11.4. The number of anilines is 1. The minimum absolute atomic E-state index is 0.102. The molecule has 2 unspecified atom stereocenters. The van der Waals surface area contributed by atoms with Crippen molar-refractivity contribution in [2.75, 3.05) is 19.0 Å². The third-order valence-electron chi connectivity index (χ3n) is 5.61. The van der Waals surface area contributed by atoms with E-state index in [1.165, 1.54) is 11.6 Å². The highest BCUT2D eigenvalue weighted by Gasteiger charge is 2.39. The van der Waals surface area contributed by atoms with Crippen LogP contribution in [-0.2, 0) is 12.8 Å². The van der Waals surface area contributed by atoms with Crippen molar-refractivity contribution in [3.8, 4) is 0 Å². The summed E-state index contributed by atoms with van der Waals surface area (Å²) < 4.78 is 26.8. The fourth-order valence-electron chi connectivity index (χ4n) is 4.21. The van der Waals surface area contributed by atoms with Gasteiger partial charge in [-0.15, -0.1) is 0 Å². The Bertz CT molecular complexity index is 762. The molecule has 4 heteroatoms. The van der Waals surface area contributed by atoms with Crippen molar-refractivity contribution < 1.29 is 13.9 Å². The van der Waals surface area contributed by atoms with Gasteiger partial charge < -0.3 is 10.0 Å². The minimum Gasteiger partial charge on any atom is -0.389 e. The summed E-state index contributed by atoms with van der Waals surface area (Å²) in [7, 11) is 4.04. The predicted octanol–water partition coefficient (Wildman–Crippen LogP) is 4.74. The Balaban J connectivity index is 1.84. The van der Waals surface area contributed by atoms with E-state index in [1.54, 1.807) is 6.07 Å². The van der Waals surface area contributed by atoms with Crippen LogP contribution in [0.25, 0.3) is 0 Å². The molecule has 1 fully saturated rings. The van der Waals surface area contributed by atoms with Gasteiger partial charge in [0.15, 0.2) is 11.6 Å². The predicted molar refractivity (Wildman–Crippen MR) is 101 cm³/mol. The van der Waals surface area contributed by atoms with E-state index in [0.717, 1.165) is 37.4 Å². The Morgan fingerprint density at radius 2 is 1.85 bits per heavy atom. The van der Waals surface area contributed by atoms with E-state index < -0.39 is 17.2 Å². The molecule has 0 bridgehead atoms. The lowest BCUT2D eigenvalue weighted by atomic mass is 9.70. The molecule has 0 aromatic heterocycles. The average Bonchev–Trinajstić information content (AvgIpc) is 2.60. The lowest BCUT2D eigenvalue weighted by molar-refractivity contribution is -0.0476. The van der Waals surface area contributed by atoms with Crippen LogP contribution in [0.1, 0.15) is 36.8 Å². The Morgan fingerprint density at radius 3 is 2.58 bits per heavy atom. The van der Waals surface area contributed by atoms with Crippen LogP contribution >= 0.6 is 0 Å². The van der Waals surface area contributed by atoms with Crippen molar-refractivity contribution in [1.82, 2.24) is 0 Å². The molecule has 1 N–H and O–H groups in total. The molecule has 1 aliphatic rings. The Hall–Kier alpha value is -1.94. The van der Waals surface area contributed by atoms with E-state index in [-0.39, 0.29) is 5.92 Å². The van der Waals surface area contributed by atoms with Gasteiger partial charge in [-0.05, 0) is 54.5 Å². The number of hydrogen-bond donors (Lipinski definition) is 1. The second-order valence-electron chi connectivity index (χ2n) is 7.70. The van der Waals surface area contributed by atoms with Crippen molar-refractivity contribution >= 4 is 5.69 Å². The van der Waals surface area contributed by atoms with Crippen LogP contribution in [0.5, 0.6) is 0 Å². The van der Waals surface area contributed by atoms with Gasteiger partial charge in [0.25, 0.3) is 0 Å². The lowest BCUT2D eigenvalue weighted by Crippen LogP contribution is -2.44. The topological polar surface area (TPSA) is 23.5 Å². The summed E-state index contributed by atoms with van der Waals surface area (Å²) in [5.41, 5.74) is 2.14. The van der Waals surface area contributed by atoms with E-state index in [1.807, 2.05) is 26.2 Å². The van der Waals surface area contributed by atoms with Crippen LogP contribution in [0.3, 0.4) is 0 Å². The molecule has 0 spiro atoms. The molecule has 0 amide bonds. The largest absolute Gasteiger partial charge is 0.389 e. The minimum atomic E-state index is -0.887. The van der Waals surface area contributed by atoms with E-state index in [4.69, 9.17) is 0 Å². The third-order valence-corrected chi connectivity index (χ3v) is 5.61. The van der Waals surface area contributed by atoms with E-state index in [0.29, 0.717) is 18.4 Å². The Labute approximate surface area is 154 Å². The van der Waals surface area contributed by atoms with Gasteiger partial charge in [0, 0.05) is 26.2 Å². The highest BCUT2D eigenvalue weighted by Crippen LogP contribution is 2.39. The summed E-state index contributed by atoms with van der Waals surface area (Å²) in [6.07, 6.45) is 4.84. The summed E-state index contributed by atoms with van der Waals surface area (Å²) in [6, 6.07) is 12.2. The highest BCUT2D eigenvalue weighted by atomic mass is 19.2. The monoisotopic (exact) mass is 359 g/mol. The molecule has 0 saturated heterocycles. The normalized spacial score (nSPS) is 23.0. The summed E-state index contributed by atoms with van der Waals surface area (Å²) in [6.45, 7) is 0. The van der Waals surface area contributed by atoms with E-state index in [9.17, 15) is 13.9 Å². The maximum absolute atomic E-state index is 13.6. The molecule has 1 aliphatic carbocycles. The molecule has 1 saturated carbocycles. The molecule has 0 aliphatic heterocycles. The molecular weight excluding hydrogens is 332 g/mol. The van der Waals surface area contributed by atoms with Gasteiger partial charge in [-0.3, -0.25) is 0 Å². The van der Waals surface area contributed by atoms with Gasteiger partial charge in [-0.2, -0.15) is 0 Å². The molecule has 26 heavy (non-hydrogen) atoms. The third kappa shape index (κ3) is 4.07. The fraction of sp³-hybridized carbons (Fsp3) is 0.455. The van der Waals surface area contributed by atoms with Gasteiger partial charge in [0.1, 0.15) is 0 Å². The maximum atomic E-state index is 13.6. The summed E-state index contributed by atoms with van der Waals surface area (Å²) in [4.78, 5) is 2.09. The van der Waals surface area contributed by atoms with Crippen LogP contribution in [0.4, 0.5) is 14.5 Å². The zero-order valence-electron chi connectivity index (χ0n) is 15.5. The van der Waals surface area contributed by atoms with Crippen LogP contribution in [0.2, 0.25) is 0 Å². The van der Waals surface area contributed by atoms with Crippen molar-refractivity contribution in [2.24, 2.45) is 5.92 Å². The number of benzene rings is 2. The van der Waals surface area contributed by atoms with Gasteiger partial charge >= 0.3 is 0 Å². The molecule has 0 heterocycles. The first-order valence-electron chi connectivity index (χ1n) is 9.30. The standard InChI is InChI=1S/C22H27F2NO/c1-25(2)21-9-4-3-7-17(21)14-18-8-5-6-12-22(18,26)15-16-10-11-19(23)20(24)13-16/h3-4,7,9-11,13,18,26H,5-6,8,12,14-15H2,1-2H3. The number of halogens is 2. The first-order valence-corrected chi connectivity index (χ1v) is 9.30. The molecule has 3 rings (SSSR count). The SMILES string of the molecule is CN(C)c1ccccc1CC1CCCCC1(O)Cc1ccc(F)c(F)c1. The zero-order chi connectivity index (χ0) is 18.7. The van der Waals surface area contributed by atoms with Crippen molar-refractivity contribution in [2.45, 2.75) is 44.1 Å². The average molecular weight is 359 g/mol. The first kappa shape index (κ1) is 18.8. The quantitative estimate of drug-likeness (QED) is 0.834. The van der Waals surface area contributed by atoms with Crippen molar-refractivity contribution in [1.29, 1.82) is 0 Å². The summed E-state index contributed by atoms with van der Waals surface area (Å²) in [5.74, 6) is -1.59. The van der Waals surface area contributed by atoms with Crippen LogP contribution in [-0.4, -0.2) is 24.8 Å². The molecule has 2 nitrogen and oxygen atoms in total. The van der Waals surface area contributed by atoms with Crippen LogP contribution in [0, 0.1) is 17.6 Å². The van der Waals surface area contributed by atoms with Crippen LogP contribution in [0.15, 0.2) is 42.5 Å². The summed E-state index contributed by atoms with van der Waals surface area (Å²) >= 11 is 0. The molecule has 0 radical (unpaired) electrons. The smallest absolute Gasteiger partial charge is 0.159 e. The van der Waals surface area contributed by atoms with Gasteiger partial charge in [-0.1, -0.05) is 37.1 Å².